The first-order valence-corrected chi connectivity index (χ1v) is 9.05. The Bertz CT molecular complexity index is 618. The molecule has 130 valence electrons. The van der Waals surface area contributed by atoms with Crippen LogP contribution in [0, 0.1) is 11.7 Å². The maximum atomic E-state index is 14.1. The second-order valence-electron chi connectivity index (χ2n) is 7.72. The molecular weight excluding hydrogens is 307 g/mol. The highest BCUT2D eigenvalue weighted by Gasteiger charge is 2.49. The summed E-state index contributed by atoms with van der Waals surface area (Å²) < 4.78 is 14.1. The topological polar surface area (TPSA) is 52.6 Å². The van der Waals surface area contributed by atoms with E-state index in [0.29, 0.717) is 30.9 Å². The summed E-state index contributed by atoms with van der Waals surface area (Å²) in [6.45, 7) is 1.19. The molecule has 1 aromatic carbocycles. The summed E-state index contributed by atoms with van der Waals surface area (Å²) in [7, 11) is 0. The van der Waals surface area contributed by atoms with Gasteiger partial charge in [-0.3, -0.25) is 9.69 Å². The van der Waals surface area contributed by atoms with Crippen molar-refractivity contribution in [2.75, 3.05) is 13.1 Å². The molecule has 1 amide bonds. The van der Waals surface area contributed by atoms with Gasteiger partial charge in [-0.1, -0.05) is 18.2 Å². The monoisotopic (exact) mass is 332 g/mol. The molecule has 1 aromatic rings. The summed E-state index contributed by atoms with van der Waals surface area (Å²) in [6.07, 6.45) is 5.39. The van der Waals surface area contributed by atoms with Gasteiger partial charge in [0.05, 0.1) is 12.1 Å². The number of hydrogen-bond donors (Lipinski definition) is 2. The van der Waals surface area contributed by atoms with Crippen molar-refractivity contribution in [3.05, 3.63) is 35.6 Å². The summed E-state index contributed by atoms with van der Waals surface area (Å²) in [5, 5.41) is 14.1. The molecule has 5 heteroatoms. The van der Waals surface area contributed by atoms with Crippen LogP contribution in [0.15, 0.2) is 24.3 Å². The molecule has 2 aliphatic heterocycles. The van der Waals surface area contributed by atoms with Crippen LogP contribution in [-0.4, -0.2) is 41.1 Å². The van der Waals surface area contributed by atoms with Gasteiger partial charge in [0.1, 0.15) is 5.82 Å². The molecule has 4 rings (SSSR count). The molecule has 1 saturated carbocycles. The Morgan fingerprint density at radius 1 is 1.21 bits per heavy atom. The fraction of sp³-hybridized carbons (Fsp3) is 0.632. The third-order valence-corrected chi connectivity index (χ3v) is 5.90. The van der Waals surface area contributed by atoms with Crippen molar-refractivity contribution in [3.63, 3.8) is 0 Å². The Morgan fingerprint density at radius 3 is 2.50 bits per heavy atom. The minimum Gasteiger partial charge on any atom is -0.385 e. The SMILES string of the molecule is O=C(CN1[C@H]2CC[C@H]1CC(O)(c1ccccc1F)C2)NCC1CC1. The quantitative estimate of drug-likeness (QED) is 0.869. The van der Waals surface area contributed by atoms with Crippen molar-refractivity contribution in [3.8, 4) is 0 Å². The fourth-order valence-corrected chi connectivity index (χ4v) is 4.43. The number of nitrogens with one attached hydrogen (secondary N) is 1. The van der Waals surface area contributed by atoms with Gasteiger partial charge in [-0.05, 0) is 50.5 Å². The van der Waals surface area contributed by atoms with E-state index in [2.05, 4.69) is 10.2 Å². The van der Waals surface area contributed by atoms with Gasteiger partial charge in [-0.15, -0.1) is 0 Å². The predicted octanol–water partition coefficient (Wildman–Crippen LogP) is 2.17. The van der Waals surface area contributed by atoms with E-state index < -0.39 is 5.60 Å². The summed E-state index contributed by atoms with van der Waals surface area (Å²) in [5.41, 5.74) is -0.710. The third-order valence-electron chi connectivity index (χ3n) is 5.90. The van der Waals surface area contributed by atoms with Gasteiger partial charge in [0.2, 0.25) is 5.91 Å². The molecular formula is C19H25FN2O2. The Kier molecular flexibility index (Phi) is 4.09. The van der Waals surface area contributed by atoms with Crippen LogP contribution in [0.5, 0.6) is 0 Å². The van der Waals surface area contributed by atoms with E-state index in [4.69, 9.17) is 0 Å². The van der Waals surface area contributed by atoms with Gasteiger partial charge in [0.15, 0.2) is 0 Å². The van der Waals surface area contributed by atoms with Crippen molar-refractivity contribution in [2.45, 2.75) is 56.2 Å². The molecule has 4 nitrogen and oxygen atoms in total. The Labute approximate surface area is 142 Å². The number of carbonyl (C=O) groups excluding carboxylic acids is 1. The van der Waals surface area contributed by atoms with Gasteiger partial charge in [0.25, 0.3) is 0 Å². The number of carbonyl (C=O) groups is 1. The van der Waals surface area contributed by atoms with Crippen molar-refractivity contribution in [2.24, 2.45) is 5.92 Å². The van der Waals surface area contributed by atoms with E-state index >= 15 is 0 Å². The highest BCUT2D eigenvalue weighted by atomic mass is 19.1. The van der Waals surface area contributed by atoms with Gasteiger partial charge in [-0.2, -0.15) is 0 Å². The minimum atomic E-state index is -1.11. The van der Waals surface area contributed by atoms with Crippen molar-refractivity contribution < 1.29 is 14.3 Å². The highest BCUT2D eigenvalue weighted by Crippen LogP contribution is 2.46. The summed E-state index contributed by atoms with van der Waals surface area (Å²) in [5.74, 6) is 0.420. The lowest BCUT2D eigenvalue weighted by Gasteiger charge is -2.43. The number of benzene rings is 1. The number of fused-ring (bicyclic) bond motifs is 2. The Balaban J connectivity index is 1.43. The number of halogens is 1. The van der Waals surface area contributed by atoms with E-state index in [9.17, 15) is 14.3 Å². The molecule has 2 bridgehead atoms. The van der Waals surface area contributed by atoms with Crippen LogP contribution in [0.2, 0.25) is 0 Å². The van der Waals surface area contributed by atoms with Gasteiger partial charge < -0.3 is 10.4 Å². The summed E-state index contributed by atoms with van der Waals surface area (Å²) in [6, 6.07) is 6.83. The number of rotatable bonds is 5. The number of hydrogen-bond acceptors (Lipinski definition) is 3. The van der Waals surface area contributed by atoms with Crippen LogP contribution in [-0.2, 0) is 10.4 Å². The first-order chi connectivity index (χ1) is 11.5. The minimum absolute atomic E-state index is 0.0788. The van der Waals surface area contributed by atoms with Crippen LogP contribution >= 0.6 is 0 Å². The predicted molar refractivity (Wildman–Crippen MR) is 88.8 cm³/mol. The zero-order valence-electron chi connectivity index (χ0n) is 13.9. The number of amides is 1. The standard InChI is InChI=1S/C19H25FN2O2/c20-17-4-2-1-3-16(17)19(24)9-14-7-8-15(10-19)22(14)12-18(23)21-11-13-5-6-13/h1-4,13-15,24H,5-12H2,(H,21,23)/t14-,15-/m0/s1. The molecule has 0 aromatic heterocycles. The van der Waals surface area contributed by atoms with Crippen molar-refractivity contribution in [1.82, 2.24) is 10.2 Å². The molecule has 3 fully saturated rings. The van der Waals surface area contributed by atoms with Crippen LogP contribution in [0.1, 0.15) is 44.1 Å². The average molecular weight is 332 g/mol. The summed E-state index contributed by atoms with van der Waals surface area (Å²) in [4.78, 5) is 14.4. The molecule has 0 radical (unpaired) electrons. The lowest BCUT2D eigenvalue weighted by atomic mass is 9.80. The molecule has 0 unspecified atom stereocenters. The maximum Gasteiger partial charge on any atom is 0.234 e. The Morgan fingerprint density at radius 2 is 1.88 bits per heavy atom. The van der Waals surface area contributed by atoms with Crippen LogP contribution in [0.3, 0.4) is 0 Å². The molecule has 2 heterocycles. The number of nitrogens with zero attached hydrogens (tertiary/aromatic N) is 1. The van der Waals surface area contributed by atoms with Gasteiger partial charge in [0, 0.05) is 24.2 Å². The highest BCUT2D eigenvalue weighted by molar-refractivity contribution is 5.78. The lowest BCUT2D eigenvalue weighted by Crippen LogP contribution is -2.52. The second-order valence-corrected chi connectivity index (χ2v) is 7.72. The molecule has 3 aliphatic rings. The maximum absolute atomic E-state index is 14.1. The number of piperidine rings is 1. The zero-order valence-corrected chi connectivity index (χ0v) is 13.9. The first-order valence-electron chi connectivity index (χ1n) is 9.05. The smallest absolute Gasteiger partial charge is 0.234 e. The van der Waals surface area contributed by atoms with E-state index in [-0.39, 0.29) is 23.8 Å². The van der Waals surface area contributed by atoms with Crippen LogP contribution in [0.25, 0.3) is 0 Å². The first kappa shape index (κ1) is 16.0. The van der Waals surface area contributed by atoms with Crippen LogP contribution < -0.4 is 5.32 Å². The second kappa shape index (κ2) is 6.12. The molecule has 0 spiro atoms. The largest absolute Gasteiger partial charge is 0.385 e. The summed E-state index contributed by atoms with van der Waals surface area (Å²) >= 11 is 0. The van der Waals surface area contributed by atoms with E-state index in [0.717, 1.165) is 19.4 Å². The number of aliphatic hydroxyl groups is 1. The molecule has 2 saturated heterocycles. The van der Waals surface area contributed by atoms with E-state index in [1.165, 1.54) is 18.9 Å². The average Bonchev–Trinajstić information content (AvgIpc) is 3.34. The molecule has 1 aliphatic carbocycles. The lowest BCUT2D eigenvalue weighted by molar-refractivity contribution is -0.126. The van der Waals surface area contributed by atoms with E-state index in [1.54, 1.807) is 18.2 Å². The molecule has 24 heavy (non-hydrogen) atoms. The third kappa shape index (κ3) is 3.07. The van der Waals surface area contributed by atoms with E-state index in [1.807, 2.05) is 0 Å². The van der Waals surface area contributed by atoms with Gasteiger partial charge >= 0.3 is 0 Å². The normalized spacial score (nSPS) is 32.8. The zero-order chi connectivity index (χ0) is 16.7. The molecule has 2 N–H and O–H groups in total. The Hall–Kier alpha value is -1.46. The van der Waals surface area contributed by atoms with Crippen molar-refractivity contribution >= 4 is 5.91 Å². The van der Waals surface area contributed by atoms with Gasteiger partial charge in [-0.25, -0.2) is 4.39 Å². The van der Waals surface area contributed by atoms with Crippen LogP contribution in [0.4, 0.5) is 4.39 Å². The van der Waals surface area contributed by atoms with Crippen molar-refractivity contribution in [1.29, 1.82) is 0 Å². The fourth-order valence-electron chi connectivity index (χ4n) is 4.43. The molecule has 2 atom stereocenters.